The van der Waals surface area contributed by atoms with Gasteiger partial charge in [-0.2, -0.15) is 31.3 Å². The molecule has 0 fully saturated rings. The SMILES string of the molecule is CNc1nc(Nc2cc(C(F)(F)F)ccc2OC)ncc1C(F)(F)F. The van der Waals surface area contributed by atoms with Gasteiger partial charge in [-0.25, -0.2) is 4.98 Å². The molecule has 0 amide bonds. The number of anilines is 3. The number of ether oxygens (including phenoxy) is 1. The minimum absolute atomic E-state index is 0.0440. The summed E-state index contributed by atoms with van der Waals surface area (Å²) in [5.74, 6) is -0.798. The third kappa shape index (κ3) is 4.22. The van der Waals surface area contributed by atoms with Gasteiger partial charge in [0.1, 0.15) is 17.1 Å². The lowest BCUT2D eigenvalue weighted by Gasteiger charge is -2.15. The first kappa shape index (κ1) is 18.6. The van der Waals surface area contributed by atoms with Crippen LogP contribution in [0.1, 0.15) is 11.1 Å². The Bertz CT molecular complexity index is 760. The Hall–Kier alpha value is -2.72. The average molecular weight is 366 g/mol. The maximum absolute atomic E-state index is 12.8. The molecule has 0 atom stereocenters. The summed E-state index contributed by atoms with van der Waals surface area (Å²) in [5, 5.41) is 4.70. The Morgan fingerprint density at radius 2 is 1.72 bits per heavy atom. The van der Waals surface area contributed by atoms with Crippen molar-refractivity contribution in [3.05, 3.63) is 35.5 Å². The first-order valence-electron chi connectivity index (χ1n) is 6.70. The number of aromatic nitrogens is 2. The lowest BCUT2D eigenvalue weighted by molar-refractivity contribution is -0.138. The summed E-state index contributed by atoms with van der Waals surface area (Å²) in [5.41, 5.74) is -2.20. The van der Waals surface area contributed by atoms with Crippen LogP contribution in [0.4, 0.5) is 43.8 Å². The fourth-order valence-corrected chi connectivity index (χ4v) is 1.94. The number of nitrogens with zero attached hydrogens (tertiary/aromatic N) is 2. The van der Waals surface area contributed by atoms with Crippen LogP contribution in [-0.4, -0.2) is 24.1 Å². The zero-order valence-electron chi connectivity index (χ0n) is 12.9. The van der Waals surface area contributed by atoms with Crippen LogP contribution in [0.5, 0.6) is 5.75 Å². The monoisotopic (exact) mass is 366 g/mol. The second-order valence-corrected chi connectivity index (χ2v) is 4.74. The van der Waals surface area contributed by atoms with Gasteiger partial charge in [-0.15, -0.1) is 0 Å². The molecule has 2 rings (SSSR count). The van der Waals surface area contributed by atoms with E-state index in [1.807, 2.05) is 0 Å². The topological polar surface area (TPSA) is 59.1 Å². The van der Waals surface area contributed by atoms with E-state index in [9.17, 15) is 26.3 Å². The molecule has 2 N–H and O–H groups in total. The fraction of sp³-hybridized carbons (Fsp3) is 0.286. The lowest BCUT2D eigenvalue weighted by Crippen LogP contribution is -2.13. The highest BCUT2D eigenvalue weighted by Gasteiger charge is 2.35. The molecule has 1 aromatic carbocycles. The van der Waals surface area contributed by atoms with Crippen LogP contribution in [0, 0.1) is 0 Å². The maximum atomic E-state index is 12.8. The zero-order chi connectivity index (χ0) is 18.8. The van der Waals surface area contributed by atoms with Crippen molar-refractivity contribution >= 4 is 17.5 Å². The Balaban J connectivity index is 2.42. The van der Waals surface area contributed by atoms with Crippen LogP contribution in [0.2, 0.25) is 0 Å². The van der Waals surface area contributed by atoms with Crippen molar-refractivity contribution in [2.75, 3.05) is 24.8 Å². The van der Waals surface area contributed by atoms with E-state index < -0.39 is 29.3 Å². The number of benzene rings is 1. The van der Waals surface area contributed by atoms with E-state index in [0.29, 0.717) is 6.20 Å². The highest BCUT2D eigenvalue weighted by atomic mass is 19.4. The highest BCUT2D eigenvalue weighted by molar-refractivity contribution is 5.65. The summed E-state index contributed by atoms with van der Waals surface area (Å²) in [6.45, 7) is 0. The summed E-state index contributed by atoms with van der Waals surface area (Å²) in [6.07, 6.45) is -8.74. The smallest absolute Gasteiger partial charge is 0.421 e. The van der Waals surface area contributed by atoms with Gasteiger partial charge in [-0.3, -0.25) is 0 Å². The largest absolute Gasteiger partial charge is 0.495 e. The van der Waals surface area contributed by atoms with E-state index in [1.54, 1.807) is 0 Å². The van der Waals surface area contributed by atoms with Gasteiger partial charge in [-0.05, 0) is 18.2 Å². The number of methoxy groups -OCH3 is 1. The molecule has 0 aliphatic carbocycles. The molecule has 0 bridgehead atoms. The van der Waals surface area contributed by atoms with Crippen LogP contribution < -0.4 is 15.4 Å². The Kier molecular flexibility index (Phi) is 4.95. The van der Waals surface area contributed by atoms with Crippen LogP contribution >= 0.6 is 0 Å². The van der Waals surface area contributed by atoms with Crippen molar-refractivity contribution in [1.29, 1.82) is 0 Å². The predicted molar refractivity (Wildman–Crippen MR) is 77.9 cm³/mol. The zero-order valence-corrected chi connectivity index (χ0v) is 12.9. The van der Waals surface area contributed by atoms with Gasteiger partial charge in [-0.1, -0.05) is 0 Å². The number of hydrogen-bond acceptors (Lipinski definition) is 5. The summed E-state index contributed by atoms with van der Waals surface area (Å²) in [7, 11) is 2.46. The number of halogens is 6. The summed E-state index contributed by atoms with van der Waals surface area (Å²) in [4.78, 5) is 7.13. The second-order valence-electron chi connectivity index (χ2n) is 4.74. The summed E-state index contributed by atoms with van der Waals surface area (Å²) >= 11 is 0. The molecule has 1 heterocycles. The third-order valence-corrected chi connectivity index (χ3v) is 3.10. The Morgan fingerprint density at radius 3 is 2.24 bits per heavy atom. The predicted octanol–water partition coefficient (Wildman–Crippen LogP) is 4.31. The summed E-state index contributed by atoms with van der Waals surface area (Å²) < 4.78 is 81.8. The first-order valence-corrected chi connectivity index (χ1v) is 6.70. The van der Waals surface area contributed by atoms with Crippen molar-refractivity contribution in [3.8, 4) is 5.75 Å². The molecule has 0 unspecified atom stereocenters. The molecule has 0 aliphatic heterocycles. The van der Waals surface area contributed by atoms with E-state index in [4.69, 9.17) is 4.74 Å². The van der Waals surface area contributed by atoms with Gasteiger partial charge in [0.25, 0.3) is 0 Å². The minimum atomic E-state index is -4.68. The fourth-order valence-electron chi connectivity index (χ4n) is 1.94. The average Bonchev–Trinajstić information content (AvgIpc) is 2.52. The van der Waals surface area contributed by atoms with Crippen LogP contribution in [-0.2, 0) is 12.4 Å². The molecule has 1 aromatic heterocycles. The standard InChI is InChI=1S/C14H12F6N4O/c1-21-11-8(14(18,19)20)6-22-12(24-11)23-9-5-7(13(15,16)17)3-4-10(9)25-2/h3-6H,1-2H3,(H2,21,22,23,24). The molecule has 0 saturated carbocycles. The molecule has 136 valence electrons. The van der Waals surface area contributed by atoms with Crippen molar-refractivity contribution in [2.45, 2.75) is 12.4 Å². The molecule has 25 heavy (non-hydrogen) atoms. The van der Waals surface area contributed by atoms with Crippen LogP contribution in [0.25, 0.3) is 0 Å². The second kappa shape index (κ2) is 6.65. The lowest BCUT2D eigenvalue weighted by atomic mass is 10.2. The van der Waals surface area contributed by atoms with Gasteiger partial charge < -0.3 is 15.4 Å². The van der Waals surface area contributed by atoms with Gasteiger partial charge in [0.15, 0.2) is 0 Å². The normalized spacial score (nSPS) is 12.0. The number of hydrogen-bond donors (Lipinski definition) is 2. The number of alkyl halides is 6. The molecule has 2 aromatic rings. The first-order chi connectivity index (χ1) is 11.6. The number of nitrogens with one attached hydrogen (secondary N) is 2. The van der Waals surface area contributed by atoms with Crippen molar-refractivity contribution < 1.29 is 31.1 Å². The molecule has 0 radical (unpaired) electrons. The van der Waals surface area contributed by atoms with Gasteiger partial charge >= 0.3 is 12.4 Å². The Labute approximate surface area is 138 Å². The maximum Gasteiger partial charge on any atom is 0.421 e. The highest BCUT2D eigenvalue weighted by Crippen LogP contribution is 2.37. The molecular formula is C14H12F6N4O. The third-order valence-electron chi connectivity index (χ3n) is 3.10. The molecule has 0 spiro atoms. The minimum Gasteiger partial charge on any atom is -0.495 e. The Morgan fingerprint density at radius 1 is 1.04 bits per heavy atom. The van der Waals surface area contributed by atoms with E-state index >= 15 is 0 Å². The molecular weight excluding hydrogens is 354 g/mol. The van der Waals surface area contributed by atoms with E-state index in [0.717, 1.165) is 18.2 Å². The van der Waals surface area contributed by atoms with Crippen molar-refractivity contribution in [1.82, 2.24) is 9.97 Å². The van der Waals surface area contributed by atoms with Crippen LogP contribution in [0.15, 0.2) is 24.4 Å². The van der Waals surface area contributed by atoms with Crippen molar-refractivity contribution in [2.24, 2.45) is 0 Å². The van der Waals surface area contributed by atoms with Gasteiger partial charge in [0.2, 0.25) is 5.95 Å². The van der Waals surface area contributed by atoms with Gasteiger partial charge in [0.05, 0.1) is 18.4 Å². The van der Waals surface area contributed by atoms with E-state index in [2.05, 4.69) is 20.6 Å². The van der Waals surface area contributed by atoms with E-state index in [1.165, 1.54) is 14.2 Å². The summed E-state index contributed by atoms with van der Waals surface area (Å²) in [6, 6.07) is 2.64. The molecule has 5 nitrogen and oxygen atoms in total. The number of rotatable bonds is 4. The van der Waals surface area contributed by atoms with Crippen molar-refractivity contribution in [3.63, 3.8) is 0 Å². The molecule has 11 heteroatoms. The van der Waals surface area contributed by atoms with E-state index in [-0.39, 0.29) is 17.4 Å². The molecule has 0 saturated heterocycles. The van der Waals surface area contributed by atoms with Crippen LogP contribution in [0.3, 0.4) is 0 Å². The molecule has 0 aliphatic rings. The quantitative estimate of drug-likeness (QED) is 0.790. The van der Waals surface area contributed by atoms with Gasteiger partial charge in [0, 0.05) is 13.2 Å².